The molecule has 6 nitrogen and oxygen atoms in total. The van der Waals surface area contributed by atoms with Gasteiger partial charge in [-0.15, -0.1) is 0 Å². The monoisotopic (exact) mass is 457 g/mol. The summed E-state index contributed by atoms with van der Waals surface area (Å²) in [5, 5.41) is 6.52. The van der Waals surface area contributed by atoms with E-state index in [1.54, 1.807) is 31.4 Å². The standard InChI is InChI=1S/C25H32ClN3O3/c1-17(2)23(28-24(30)18-9-11-20(26)12-10-18)25(31)27-16-22(29-13-4-5-14-29)19-7-6-8-21(15-19)32-3/h6-12,15,17,22-23H,4-5,13-14,16H2,1-3H3,(H,27,31)(H,28,30)/t22-,23+/m1/s1. The number of nitrogens with zero attached hydrogens (tertiary/aromatic N) is 1. The van der Waals surface area contributed by atoms with E-state index >= 15 is 0 Å². The van der Waals surface area contributed by atoms with Crippen LogP contribution in [0.25, 0.3) is 0 Å². The van der Waals surface area contributed by atoms with Crippen molar-refractivity contribution in [3.63, 3.8) is 0 Å². The lowest BCUT2D eigenvalue weighted by Gasteiger charge is -2.30. The van der Waals surface area contributed by atoms with E-state index in [0.717, 1.165) is 37.2 Å². The summed E-state index contributed by atoms with van der Waals surface area (Å²) >= 11 is 5.91. The molecule has 172 valence electrons. The topological polar surface area (TPSA) is 70.7 Å². The minimum Gasteiger partial charge on any atom is -0.497 e. The maximum Gasteiger partial charge on any atom is 0.251 e. The molecule has 1 saturated heterocycles. The molecule has 0 spiro atoms. The number of amides is 2. The normalized spacial score (nSPS) is 15.9. The van der Waals surface area contributed by atoms with Gasteiger partial charge in [0.2, 0.25) is 5.91 Å². The largest absolute Gasteiger partial charge is 0.497 e. The van der Waals surface area contributed by atoms with Crippen LogP contribution in [-0.4, -0.2) is 49.5 Å². The van der Waals surface area contributed by atoms with Crippen LogP contribution in [0.5, 0.6) is 5.75 Å². The van der Waals surface area contributed by atoms with E-state index in [9.17, 15) is 9.59 Å². The SMILES string of the molecule is COc1cccc([C@@H](CNC(=O)[C@@H](NC(=O)c2ccc(Cl)cc2)C(C)C)N2CCCC2)c1. The van der Waals surface area contributed by atoms with Gasteiger partial charge < -0.3 is 15.4 Å². The van der Waals surface area contributed by atoms with E-state index in [1.165, 1.54) is 0 Å². The smallest absolute Gasteiger partial charge is 0.251 e. The molecule has 2 amide bonds. The number of carbonyl (C=O) groups excluding carboxylic acids is 2. The van der Waals surface area contributed by atoms with Crippen molar-refractivity contribution in [2.45, 2.75) is 38.8 Å². The number of halogens is 1. The molecule has 2 aromatic carbocycles. The molecule has 0 radical (unpaired) electrons. The van der Waals surface area contributed by atoms with Crippen LogP contribution >= 0.6 is 11.6 Å². The van der Waals surface area contributed by atoms with Gasteiger partial charge in [0.25, 0.3) is 5.91 Å². The molecule has 0 aliphatic carbocycles. The Labute approximate surface area is 195 Å². The van der Waals surface area contributed by atoms with E-state index in [0.29, 0.717) is 17.1 Å². The lowest BCUT2D eigenvalue weighted by Crippen LogP contribution is -2.51. The average molecular weight is 458 g/mol. The Hall–Kier alpha value is -2.57. The first-order valence-corrected chi connectivity index (χ1v) is 11.5. The van der Waals surface area contributed by atoms with Gasteiger partial charge in [0, 0.05) is 17.1 Å². The number of nitrogens with one attached hydrogen (secondary N) is 2. The number of hydrogen-bond acceptors (Lipinski definition) is 4. The van der Waals surface area contributed by atoms with Crippen molar-refractivity contribution >= 4 is 23.4 Å². The van der Waals surface area contributed by atoms with Gasteiger partial charge in [0.15, 0.2) is 0 Å². The lowest BCUT2D eigenvalue weighted by atomic mass is 10.0. The molecule has 1 aliphatic rings. The number of methoxy groups -OCH3 is 1. The molecule has 3 rings (SSSR count). The summed E-state index contributed by atoms with van der Waals surface area (Å²) in [6, 6.07) is 14.0. The minimum atomic E-state index is -0.636. The number of likely N-dealkylation sites (tertiary alicyclic amines) is 1. The molecule has 1 fully saturated rings. The van der Waals surface area contributed by atoms with Crippen LogP contribution in [0.1, 0.15) is 48.7 Å². The summed E-state index contributed by atoms with van der Waals surface area (Å²) in [4.78, 5) is 28.1. The third kappa shape index (κ3) is 6.24. The van der Waals surface area contributed by atoms with E-state index in [-0.39, 0.29) is 23.8 Å². The molecule has 2 N–H and O–H groups in total. The van der Waals surface area contributed by atoms with Crippen molar-refractivity contribution in [1.82, 2.24) is 15.5 Å². The fourth-order valence-corrected chi connectivity index (χ4v) is 4.15. The predicted molar refractivity (Wildman–Crippen MR) is 127 cm³/mol. The first-order chi connectivity index (χ1) is 15.4. The van der Waals surface area contributed by atoms with Gasteiger partial charge in [-0.05, 0) is 73.8 Å². The molecule has 0 unspecified atom stereocenters. The van der Waals surface area contributed by atoms with Gasteiger partial charge >= 0.3 is 0 Å². The van der Waals surface area contributed by atoms with E-state index in [1.807, 2.05) is 32.0 Å². The highest BCUT2D eigenvalue weighted by molar-refractivity contribution is 6.30. The number of benzene rings is 2. The summed E-state index contributed by atoms with van der Waals surface area (Å²) in [6.07, 6.45) is 2.31. The second-order valence-electron chi connectivity index (χ2n) is 8.48. The van der Waals surface area contributed by atoms with Gasteiger partial charge in [-0.2, -0.15) is 0 Å². The van der Waals surface area contributed by atoms with Crippen molar-refractivity contribution in [3.05, 3.63) is 64.7 Å². The molecule has 2 atom stereocenters. The molecule has 0 saturated carbocycles. The Morgan fingerprint density at radius 2 is 1.78 bits per heavy atom. The summed E-state index contributed by atoms with van der Waals surface area (Å²) in [5.41, 5.74) is 1.58. The van der Waals surface area contributed by atoms with E-state index in [4.69, 9.17) is 16.3 Å². The Kier molecular flexibility index (Phi) is 8.53. The van der Waals surface area contributed by atoms with Crippen LogP contribution in [0, 0.1) is 5.92 Å². The van der Waals surface area contributed by atoms with Gasteiger partial charge in [0.1, 0.15) is 11.8 Å². The minimum absolute atomic E-state index is 0.0522. The Morgan fingerprint density at radius 3 is 2.41 bits per heavy atom. The Balaban J connectivity index is 1.69. The number of ether oxygens (including phenoxy) is 1. The van der Waals surface area contributed by atoms with Gasteiger partial charge in [-0.1, -0.05) is 37.6 Å². The third-order valence-electron chi connectivity index (χ3n) is 5.87. The Morgan fingerprint density at radius 1 is 1.09 bits per heavy atom. The second kappa shape index (κ2) is 11.3. The van der Waals surface area contributed by atoms with Gasteiger partial charge in [-0.3, -0.25) is 14.5 Å². The summed E-state index contributed by atoms with van der Waals surface area (Å²) in [6.45, 7) is 6.31. The maximum atomic E-state index is 13.1. The van der Waals surface area contributed by atoms with Crippen molar-refractivity contribution in [1.29, 1.82) is 0 Å². The molecule has 2 aromatic rings. The van der Waals surface area contributed by atoms with Crippen LogP contribution in [0.3, 0.4) is 0 Å². The van der Waals surface area contributed by atoms with E-state index < -0.39 is 6.04 Å². The quantitative estimate of drug-likeness (QED) is 0.595. The molecule has 32 heavy (non-hydrogen) atoms. The highest BCUT2D eigenvalue weighted by Gasteiger charge is 2.28. The first kappa shape index (κ1) is 24.1. The van der Waals surface area contributed by atoms with Crippen LogP contribution in [0.4, 0.5) is 0 Å². The van der Waals surface area contributed by atoms with Crippen LogP contribution in [-0.2, 0) is 4.79 Å². The zero-order chi connectivity index (χ0) is 23.1. The van der Waals surface area contributed by atoms with Gasteiger partial charge in [-0.25, -0.2) is 0 Å². The van der Waals surface area contributed by atoms with Crippen LogP contribution in [0.2, 0.25) is 5.02 Å². The number of carbonyl (C=O) groups is 2. The zero-order valence-corrected chi connectivity index (χ0v) is 19.7. The van der Waals surface area contributed by atoms with Crippen LogP contribution in [0.15, 0.2) is 48.5 Å². The molecular weight excluding hydrogens is 426 g/mol. The lowest BCUT2D eigenvalue weighted by molar-refractivity contribution is -0.124. The zero-order valence-electron chi connectivity index (χ0n) is 18.9. The fraction of sp³-hybridized carbons (Fsp3) is 0.440. The Bertz CT molecular complexity index is 911. The highest BCUT2D eigenvalue weighted by atomic mass is 35.5. The van der Waals surface area contributed by atoms with Gasteiger partial charge in [0.05, 0.1) is 13.2 Å². The van der Waals surface area contributed by atoms with Crippen molar-refractivity contribution in [2.75, 3.05) is 26.7 Å². The van der Waals surface area contributed by atoms with Crippen LogP contribution < -0.4 is 15.4 Å². The van der Waals surface area contributed by atoms with E-state index in [2.05, 4.69) is 21.6 Å². The van der Waals surface area contributed by atoms with Crippen molar-refractivity contribution in [3.8, 4) is 5.75 Å². The third-order valence-corrected chi connectivity index (χ3v) is 6.12. The maximum absolute atomic E-state index is 13.1. The highest BCUT2D eigenvalue weighted by Crippen LogP contribution is 2.27. The molecule has 1 heterocycles. The molecule has 1 aliphatic heterocycles. The first-order valence-electron chi connectivity index (χ1n) is 11.1. The molecule has 0 aromatic heterocycles. The predicted octanol–water partition coefficient (Wildman–Crippen LogP) is 4.06. The molecule has 7 heteroatoms. The summed E-state index contributed by atoms with van der Waals surface area (Å²) in [5.74, 6) is 0.260. The summed E-state index contributed by atoms with van der Waals surface area (Å²) in [7, 11) is 1.66. The average Bonchev–Trinajstić information content (AvgIpc) is 3.32. The second-order valence-corrected chi connectivity index (χ2v) is 8.92. The summed E-state index contributed by atoms with van der Waals surface area (Å²) < 4.78 is 5.39. The van der Waals surface area contributed by atoms with Crippen molar-refractivity contribution in [2.24, 2.45) is 5.92 Å². The molecular formula is C25H32ClN3O3. The number of rotatable bonds is 9. The fourth-order valence-electron chi connectivity index (χ4n) is 4.03. The molecule has 0 bridgehead atoms. The van der Waals surface area contributed by atoms with Crippen molar-refractivity contribution < 1.29 is 14.3 Å². The number of hydrogen-bond donors (Lipinski definition) is 2.